The van der Waals surface area contributed by atoms with Crippen LogP contribution in [0, 0.1) is 0 Å². The summed E-state index contributed by atoms with van der Waals surface area (Å²) in [5, 5.41) is 2.94. The first-order valence-corrected chi connectivity index (χ1v) is 9.94. The lowest BCUT2D eigenvalue weighted by atomic mass is 10.0. The summed E-state index contributed by atoms with van der Waals surface area (Å²) in [4.78, 5) is 11.3. The van der Waals surface area contributed by atoms with Crippen LogP contribution in [0.1, 0.15) is 11.1 Å². The molecule has 0 fully saturated rings. The summed E-state index contributed by atoms with van der Waals surface area (Å²) in [6, 6.07) is 22.5. The van der Waals surface area contributed by atoms with E-state index in [0.29, 0.717) is 30.2 Å². The number of alkyl halides is 3. The summed E-state index contributed by atoms with van der Waals surface area (Å²) < 4.78 is 54.0. The molecule has 1 unspecified atom stereocenters. The third kappa shape index (κ3) is 5.20. The molecule has 3 aromatic carbocycles. The van der Waals surface area contributed by atoms with Crippen molar-refractivity contribution in [1.82, 2.24) is 5.32 Å². The number of para-hydroxylation sites is 1. The van der Waals surface area contributed by atoms with Crippen molar-refractivity contribution in [1.29, 1.82) is 0 Å². The van der Waals surface area contributed by atoms with Crippen LogP contribution in [-0.4, -0.2) is 25.0 Å². The van der Waals surface area contributed by atoms with Gasteiger partial charge in [0.1, 0.15) is 18.1 Å². The Morgan fingerprint density at radius 1 is 1.03 bits per heavy atom. The summed E-state index contributed by atoms with van der Waals surface area (Å²) in [5.41, 5.74) is 3.18. The van der Waals surface area contributed by atoms with Crippen LogP contribution >= 0.6 is 0 Å². The van der Waals surface area contributed by atoms with Gasteiger partial charge in [0.05, 0.1) is 6.54 Å². The number of halogens is 3. The van der Waals surface area contributed by atoms with Gasteiger partial charge in [0.15, 0.2) is 0 Å². The highest BCUT2D eigenvalue weighted by atomic mass is 19.4. The molecule has 166 valence electrons. The first-order valence-electron chi connectivity index (χ1n) is 9.94. The maximum absolute atomic E-state index is 12.6. The van der Waals surface area contributed by atoms with Crippen molar-refractivity contribution in [2.45, 2.75) is 25.6 Å². The summed E-state index contributed by atoms with van der Waals surface area (Å²) >= 11 is 0. The third-order valence-corrected chi connectivity index (χ3v) is 4.84. The molecular formula is C24H20F3NO4. The van der Waals surface area contributed by atoms with E-state index in [4.69, 9.17) is 9.47 Å². The van der Waals surface area contributed by atoms with Gasteiger partial charge in [-0.05, 0) is 23.3 Å². The van der Waals surface area contributed by atoms with Gasteiger partial charge in [-0.2, -0.15) is 13.2 Å². The number of carbonyl (C=O) groups is 1. The Balaban J connectivity index is 1.57. The van der Waals surface area contributed by atoms with Crippen LogP contribution in [0.4, 0.5) is 13.2 Å². The summed E-state index contributed by atoms with van der Waals surface area (Å²) in [5.74, 6) is -1.30. The van der Waals surface area contributed by atoms with Crippen LogP contribution in [0.25, 0.3) is 11.1 Å². The number of hydrogen-bond acceptors (Lipinski definition) is 5. The minimum atomic E-state index is -5.09. The molecule has 0 bridgehead atoms. The van der Waals surface area contributed by atoms with Crippen LogP contribution in [0.5, 0.6) is 11.5 Å². The van der Waals surface area contributed by atoms with E-state index in [1.807, 2.05) is 60.7 Å². The van der Waals surface area contributed by atoms with Gasteiger partial charge >= 0.3 is 12.1 Å². The Labute approximate surface area is 182 Å². The SMILES string of the molecule is O=C(OC1CNCc2cccc(-c3cccc(OCc4ccccc4)c3)c2O1)C(F)(F)F. The highest BCUT2D eigenvalue weighted by molar-refractivity contribution is 5.76. The molecule has 32 heavy (non-hydrogen) atoms. The molecule has 1 aliphatic heterocycles. The number of ether oxygens (including phenoxy) is 3. The van der Waals surface area contributed by atoms with E-state index in [2.05, 4.69) is 10.1 Å². The van der Waals surface area contributed by atoms with Gasteiger partial charge in [-0.3, -0.25) is 0 Å². The molecule has 1 atom stereocenters. The second-order valence-corrected chi connectivity index (χ2v) is 7.18. The lowest BCUT2D eigenvalue weighted by Gasteiger charge is -2.20. The number of hydrogen-bond donors (Lipinski definition) is 1. The maximum Gasteiger partial charge on any atom is 0.491 e. The minimum Gasteiger partial charge on any atom is -0.489 e. The molecule has 8 heteroatoms. The predicted molar refractivity (Wildman–Crippen MR) is 111 cm³/mol. The van der Waals surface area contributed by atoms with Crippen molar-refractivity contribution in [2.75, 3.05) is 6.54 Å². The lowest BCUT2D eigenvalue weighted by molar-refractivity contribution is -0.215. The fourth-order valence-corrected chi connectivity index (χ4v) is 3.33. The van der Waals surface area contributed by atoms with E-state index in [1.54, 1.807) is 12.1 Å². The fraction of sp³-hybridized carbons (Fsp3) is 0.208. The van der Waals surface area contributed by atoms with Crippen LogP contribution in [0.15, 0.2) is 72.8 Å². The van der Waals surface area contributed by atoms with Crippen LogP contribution in [0.2, 0.25) is 0 Å². The topological polar surface area (TPSA) is 56.8 Å². The molecule has 0 saturated carbocycles. The predicted octanol–water partition coefficient (Wildman–Crippen LogP) is 4.85. The molecule has 1 aliphatic rings. The standard InChI is InChI=1S/C24H20F3NO4/c25-24(26,27)23(29)32-21-14-28-13-18-9-5-11-20(22(18)31-21)17-8-4-10-19(12-17)30-15-16-6-2-1-3-7-16/h1-12,21,28H,13-15H2. The van der Waals surface area contributed by atoms with Crippen LogP contribution in [0.3, 0.4) is 0 Å². The molecule has 3 aromatic rings. The van der Waals surface area contributed by atoms with Crippen LogP contribution in [-0.2, 0) is 22.7 Å². The number of benzene rings is 3. The molecule has 0 aliphatic carbocycles. The number of nitrogens with one attached hydrogen (secondary N) is 1. The zero-order valence-electron chi connectivity index (χ0n) is 16.9. The van der Waals surface area contributed by atoms with E-state index in [0.717, 1.165) is 16.7 Å². The van der Waals surface area contributed by atoms with Crippen molar-refractivity contribution in [3.05, 3.63) is 83.9 Å². The maximum atomic E-state index is 12.6. The Kier molecular flexibility index (Phi) is 6.32. The zero-order chi connectivity index (χ0) is 22.6. The fourth-order valence-electron chi connectivity index (χ4n) is 3.33. The van der Waals surface area contributed by atoms with Gasteiger partial charge in [0.25, 0.3) is 6.29 Å². The Bertz CT molecular complexity index is 1090. The molecule has 0 saturated heterocycles. The van der Waals surface area contributed by atoms with E-state index in [-0.39, 0.29) is 6.54 Å². The molecule has 0 spiro atoms. The molecule has 1 N–H and O–H groups in total. The molecule has 0 aromatic heterocycles. The van der Waals surface area contributed by atoms with Crippen LogP contribution < -0.4 is 14.8 Å². The molecule has 5 nitrogen and oxygen atoms in total. The number of esters is 1. The number of fused-ring (bicyclic) bond motifs is 1. The van der Waals surface area contributed by atoms with Gasteiger partial charge < -0.3 is 19.5 Å². The number of rotatable bonds is 5. The summed E-state index contributed by atoms with van der Waals surface area (Å²) in [6.45, 7) is 0.677. The highest BCUT2D eigenvalue weighted by Crippen LogP contribution is 2.37. The average Bonchev–Trinajstić information content (AvgIpc) is 2.99. The van der Waals surface area contributed by atoms with Gasteiger partial charge in [0, 0.05) is 17.7 Å². The van der Waals surface area contributed by atoms with E-state index < -0.39 is 18.4 Å². The highest BCUT2D eigenvalue weighted by Gasteiger charge is 2.43. The van der Waals surface area contributed by atoms with E-state index >= 15 is 0 Å². The molecule has 0 amide bonds. The summed E-state index contributed by atoms with van der Waals surface area (Å²) in [6.07, 6.45) is -6.51. The minimum absolute atomic E-state index is 0.0732. The quantitative estimate of drug-likeness (QED) is 0.572. The van der Waals surface area contributed by atoms with Gasteiger partial charge in [-0.15, -0.1) is 0 Å². The molecular weight excluding hydrogens is 423 g/mol. The van der Waals surface area contributed by atoms with E-state index in [9.17, 15) is 18.0 Å². The second kappa shape index (κ2) is 9.32. The lowest BCUT2D eigenvalue weighted by Crippen LogP contribution is -2.37. The average molecular weight is 443 g/mol. The molecule has 0 radical (unpaired) electrons. The normalized spacial score (nSPS) is 15.8. The van der Waals surface area contributed by atoms with Gasteiger partial charge in [0.2, 0.25) is 0 Å². The Morgan fingerprint density at radius 2 is 1.81 bits per heavy atom. The smallest absolute Gasteiger partial charge is 0.489 e. The Hall–Kier alpha value is -3.52. The molecule has 4 rings (SSSR count). The monoisotopic (exact) mass is 443 g/mol. The van der Waals surface area contributed by atoms with Crippen molar-refractivity contribution in [2.24, 2.45) is 0 Å². The molecule has 1 heterocycles. The van der Waals surface area contributed by atoms with Gasteiger partial charge in [-0.25, -0.2) is 4.79 Å². The second-order valence-electron chi connectivity index (χ2n) is 7.18. The van der Waals surface area contributed by atoms with Crippen molar-refractivity contribution in [3.63, 3.8) is 0 Å². The summed E-state index contributed by atoms with van der Waals surface area (Å²) in [7, 11) is 0. The van der Waals surface area contributed by atoms with Crippen molar-refractivity contribution in [3.8, 4) is 22.6 Å². The largest absolute Gasteiger partial charge is 0.491 e. The first-order chi connectivity index (χ1) is 15.4. The van der Waals surface area contributed by atoms with E-state index in [1.165, 1.54) is 0 Å². The third-order valence-electron chi connectivity index (χ3n) is 4.84. The first kappa shape index (κ1) is 21.7. The van der Waals surface area contributed by atoms with Gasteiger partial charge in [-0.1, -0.05) is 60.7 Å². The zero-order valence-corrected chi connectivity index (χ0v) is 16.9. The number of carbonyl (C=O) groups excluding carboxylic acids is 1. The van der Waals surface area contributed by atoms with Crippen molar-refractivity contribution >= 4 is 5.97 Å². The van der Waals surface area contributed by atoms with Crippen molar-refractivity contribution < 1.29 is 32.2 Å². The Morgan fingerprint density at radius 3 is 2.59 bits per heavy atom.